The molecule has 0 spiro atoms. The number of non-ortho nitro benzene ring substituents is 1. The summed E-state index contributed by atoms with van der Waals surface area (Å²) in [7, 11) is 2.11. The van der Waals surface area contributed by atoms with E-state index in [2.05, 4.69) is 24.2 Å². The first-order chi connectivity index (χ1) is 13.6. The van der Waals surface area contributed by atoms with Crippen molar-refractivity contribution in [2.45, 2.75) is 45.4 Å². The lowest BCUT2D eigenvalue weighted by atomic mass is 9.96. The molecule has 1 heterocycles. The Bertz CT molecular complexity index is 613. The van der Waals surface area contributed by atoms with E-state index in [4.69, 9.17) is 9.73 Å². The van der Waals surface area contributed by atoms with Crippen LogP contribution in [-0.4, -0.2) is 55.7 Å². The van der Waals surface area contributed by atoms with Gasteiger partial charge in [0.25, 0.3) is 5.69 Å². The van der Waals surface area contributed by atoms with Gasteiger partial charge < -0.3 is 15.0 Å². The van der Waals surface area contributed by atoms with Crippen molar-refractivity contribution in [1.29, 1.82) is 0 Å². The molecule has 0 atom stereocenters. The zero-order valence-corrected chi connectivity index (χ0v) is 17.2. The monoisotopic (exact) mass is 390 g/mol. The molecule has 7 nitrogen and oxygen atoms in total. The van der Waals surface area contributed by atoms with Gasteiger partial charge in [-0.3, -0.25) is 15.1 Å². The van der Waals surface area contributed by atoms with Crippen molar-refractivity contribution in [1.82, 2.24) is 10.2 Å². The van der Waals surface area contributed by atoms with Gasteiger partial charge in [-0.25, -0.2) is 0 Å². The second-order valence-corrected chi connectivity index (χ2v) is 7.38. The highest BCUT2D eigenvalue weighted by Crippen LogP contribution is 2.18. The Labute approximate surface area is 168 Å². The van der Waals surface area contributed by atoms with Crippen LogP contribution in [0.25, 0.3) is 0 Å². The average molecular weight is 391 g/mol. The van der Waals surface area contributed by atoms with E-state index in [1.165, 1.54) is 19.3 Å². The fourth-order valence-corrected chi connectivity index (χ4v) is 3.40. The van der Waals surface area contributed by atoms with Crippen molar-refractivity contribution in [2.24, 2.45) is 10.9 Å². The van der Waals surface area contributed by atoms with Crippen LogP contribution in [0, 0.1) is 16.0 Å². The Hall–Kier alpha value is -2.15. The van der Waals surface area contributed by atoms with Gasteiger partial charge in [0.1, 0.15) is 0 Å². The number of hydrogen-bond donors (Lipinski definition) is 1. The fraction of sp³-hybridized carbons (Fsp3) is 0.667. The summed E-state index contributed by atoms with van der Waals surface area (Å²) in [5, 5.41) is 14.1. The fourth-order valence-electron chi connectivity index (χ4n) is 3.40. The van der Waals surface area contributed by atoms with E-state index < -0.39 is 0 Å². The standard InChI is InChI=1S/C21H34N4O3/c1-3-22-21(24(2)15-11-19-12-16-28-17-13-19)23-14-5-4-6-18-7-9-20(10-8-18)25(26)27/h7-10,19H,3-6,11-17H2,1-2H3,(H,22,23). The molecule has 1 aromatic rings. The number of rotatable bonds is 10. The lowest BCUT2D eigenvalue weighted by Gasteiger charge is -2.26. The van der Waals surface area contributed by atoms with Crippen molar-refractivity contribution in [3.63, 3.8) is 0 Å². The Morgan fingerprint density at radius 1 is 1.29 bits per heavy atom. The van der Waals surface area contributed by atoms with E-state index in [1.807, 2.05) is 12.1 Å². The zero-order chi connectivity index (χ0) is 20.2. The molecule has 0 amide bonds. The largest absolute Gasteiger partial charge is 0.381 e. The summed E-state index contributed by atoms with van der Waals surface area (Å²) in [5.41, 5.74) is 1.28. The molecule has 0 radical (unpaired) electrons. The van der Waals surface area contributed by atoms with Crippen LogP contribution >= 0.6 is 0 Å². The third-order valence-electron chi connectivity index (χ3n) is 5.19. The number of unbranched alkanes of at least 4 members (excludes halogenated alkanes) is 1. The molecule has 156 valence electrons. The predicted octanol–water partition coefficient (Wildman–Crippen LogP) is 3.63. The van der Waals surface area contributed by atoms with Gasteiger partial charge in [-0.1, -0.05) is 12.1 Å². The minimum atomic E-state index is -0.362. The maximum atomic E-state index is 10.7. The Kier molecular flexibility index (Phi) is 9.76. The second-order valence-electron chi connectivity index (χ2n) is 7.38. The van der Waals surface area contributed by atoms with Gasteiger partial charge in [0.15, 0.2) is 5.96 Å². The molecule has 1 saturated heterocycles. The number of hydrogen-bond acceptors (Lipinski definition) is 4. The lowest BCUT2D eigenvalue weighted by Crippen LogP contribution is -2.40. The minimum absolute atomic E-state index is 0.146. The number of aliphatic imine (C=N–C) groups is 1. The van der Waals surface area contributed by atoms with Crippen molar-refractivity contribution >= 4 is 11.6 Å². The zero-order valence-electron chi connectivity index (χ0n) is 17.2. The average Bonchev–Trinajstić information content (AvgIpc) is 2.72. The Morgan fingerprint density at radius 3 is 2.64 bits per heavy atom. The molecule has 2 rings (SSSR count). The number of nitro benzene ring substituents is 1. The SMILES string of the molecule is CCNC(=NCCCCc1ccc([N+](=O)[O-])cc1)N(C)CCC1CCOCC1. The molecule has 1 aliphatic rings. The Balaban J connectivity index is 1.71. The molecule has 1 aromatic carbocycles. The summed E-state index contributed by atoms with van der Waals surface area (Å²) >= 11 is 0. The van der Waals surface area contributed by atoms with Crippen LogP contribution in [0.2, 0.25) is 0 Å². The predicted molar refractivity (Wildman–Crippen MR) is 113 cm³/mol. The molecular weight excluding hydrogens is 356 g/mol. The normalized spacial score (nSPS) is 15.4. The highest BCUT2D eigenvalue weighted by Gasteiger charge is 2.15. The number of nitrogens with zero attached hydrogens (tertiary/aromatic N) is 3. The van der Waals surface area contributed by atoms with Crippen LogP contribution < -0.4 is 5.32 Å². The molecule has 1 aliphatic heterocycles. The van der Waals surface area contributed by atoms with Crippen molar-refractivity contribution in [3.8, 4) is 0 Å². The van der Waals surface area contributed by atoms with E-state index in [0.29, 0.717) is 0 Å². The third-order valence-corrected chi connectivity index (χ3v) is 5.19. The first-order valence-electron chi connectivity index (χ1n) is 10.4. The molecule has 7 heteroatoms. The van der Waals surface area contributed by atoms with Gasteiger partial charge in [0.05, 0.1) is 4.92 Å². The van der Waals surface area contributed by atoms with Gasteiger partial charge >= 0.3 is 0 Å². The molecule has 0 saturated carbocycles. The van der Waals surface area contributed by atoms with Crippen molar-refractivity contribution in [3.05, 3.63) is 39.9 Å². The molecule has 0 aromatic heterocycles. The molecule has 0 unspecified atom stereocenters. The smallest absolute Gasteiger partial charge is 0.269 e. The summed E-state index contributed by atoms with van der Waals surface area (Å²) in [6.07, 6.45) is 6.47. The van der Waals surface area contributed by atoms with Gasteiger partial charge in [-0.05, 0) is 56.9 Å². The third kappa shape index (κ3) is 7.84. The van der Waals surface area contributed by atoms with Crippen LogP contribution in [0.5, 0.6) is 0 Å². The molecule has 0 bridgehead atoms. The minimum Gasteiger partial charge on any atom is -0.381 e. The molecule has 1 N–H and O–H groups in total. The van der Waals surface area contributed by atoms with Gasteiger partial charge in [0.2, 0.25) is 0 Å². The summed E-state index contributed by atoms with van der Waals surface area (Å²) in [4.78, 5) is 17.3. The maximum absolute atomic E-state index is 10.7. The highest BCUT2D eigenvalue weighted by atomic mass is 16.6. The van der Waals surface area contributed by atoms with Crippen LogP contribution in [0.3, 0.4) is 0 Å². The number of benzene rings is 1. The van der Waals surface area contributed by atoms with Crippen molar-refractivity contribution in [2.75, 3.05) is 39.9 Å². The first-order valence-corrected chi connectivity index (χ1v) is 10.4. The van der Waals surface area contributed by atoms with Gasteiger partial charge in [-0.15, -0.1) is 0 Å². The van der Waals surface area contributed by atoms with Crippen LogP contribution in [0.4, 0.5) is 5.69 Å². The number of nitrogens with one attached hydrogen (secondary N) is 1. The van der Waals surface area contributed by atoms with Gasteiger partial charge in [-0.2, -0.15) is 0 Å². The number of nitro groups is 1. The maximum Gasteiger partial charge on any atom is 0.269 e. The summed E-state index contributed by atoms with van der Waals surface area (Å²) in [6, 6.07) is 6.83. The van der Waals surface area contributed by atoms with Crippen LogP contribution in [0.1, 0.15) is 44.6 Å². The second kappa shape index (κ2) is 12.3. The quantitative estimate of drug-likeness (QED) is 0.217. The van der Waals surface area contributed by atoms with E-state index in [1.54, 1.807) is 12.1 Å². The molecular formula is C21H34N4O3. The van der Waals surface area contributed by atoms with Gasteiger partial charge in [0, 0.05) is 52.0 Å². The highest BCUT2D eigenvalue weighted by molar-refractivity contribution is 5.79. The molecule has 28 heavy (non-hydrogen) atoms. The molecule has 0 aliphatic carbocycles. The van der Waals surface area contributed by atoms with E-state index in [0.717, 1.165) is 69.6 Å². The van der Waals surface area contributed by atoms with Crippen LogP contribution in [-0.2, 0) is 11.2 Å². The van der Waals surface area contributed by atoms with Crippen molar-refractivity contribution < 1.29 is 9.66 Å². The topological polar surface area (TPSA) is 80.0 Å². The number of aryl methyl sites for hydroxylation is 1. The van der Waals surface area contributed by atoms with E-state index in [-0.39, 0.29) is 10.6 Å². The first kappa shape index (κ1) is 22.1. The summed E-state index contributed by atoms with van der Waals surface area (Å²) in [5.74, 6) is 1.74. The lowest BCUT2D eigenvalue weighted by molar-refractivity contribution is -0.384. The number of guanidine groups is 1. The van der Waals surface area contributed by atoms with E-state index >= 15 is 0 Å². The molecule has 1 fully saturated rings. The van der Waals surface area contributed by atoms with E-state index in [9.17, 15) is 10.1 Å². The Morgan fingerprint density at radius 2 is 2.00 bits per heavy atom. The van der Waals surface area contributed by atoms with Crippen LogP contribution in [0.15, 0.2) is 29.3 Å². The number of ether oxygens (including phenoxy) is 1. The summed E-state index contributed by atoms with van der Waals surface area (Å²) < 4.78 is 5.44. The summed E-state index contributed by atoms with van der Waals surface area (Å²) in [6.45, 7) is 6.56.